The number of rotatable bonds is 1. The molecule has 0 radical (unpaired) electrons. The van der Waals surface area contributed by atoms with Gasteiger partial charge in [0.05, 0.1) is 0 Å². The predicted octanol–water partition coefficient (Wildman–Crippen LogP) is -0.732. The molecule has 1 aliphatic carbocycles. The maximum absolute atomic E-state index is 12.3. The number of ether oxygens (including phenoxy) is 1. The van der Waals surface area contributed by atoms with Crippen molar-refractivity contribution in [1.82, 2.24) is 10.2 Å². The van der Waals surface area contributed by atoms with E-state index in [1.807, 2.05) is 6.08 Å². The number of amides is 3. The van der Waals surface area contributed by atoms with Crippen molar-refractivity contribution >= 4 is 17.7 Å². The maximum atomic E-state index is 12.3. The van der Waals surface area contributed by atoms with Crippen LogP contribution in [0, 0.1) is 0 Å². The maximum Gasteiger partial charge on any atom is 0.254 e. The van der Waals surface area contributed by atoms with Gasteiger partial charge in [0.1, 0.15) is 18.2 Å². The highest BCUT2D eigenvalue weighted by molar-refractivity contribution is 6.06. The molecule has 98 valence electrons. The second-order valence-corrected chi connectivity index (χ2v) is 5.22. The summed E-state index contributed by atoms with van der Waals surface area (Å²) in [7, 11) is 0. The summed E-state index contributed by atoms with van der Waals surface area (Å²) >= 11 is 0. The van der Waals surface area contributed by atoms with Gasteiger partial charge in [0.2, 0.25) is 11.8 Å². The Kier molecular flexibility index (Phi) is 2.04. The molecule has 19 heavy (non-hydrogen) atoms. The van der Waals surface area contributed by atoms with E-state index in [1.165, 1.54) is 0 Å². The molecule has 0 aromatic rings. The minimum Gasteiger partial charge on any atom is -0.360 e. The van der Waals surface area contributed by atoms with Crippen LogP contribution in [0.5, 0.6) is 0 Å². The summed E-state index contributed by atoms with van der Waals surface area (Å²) in [5, 5.41) is 2.29. The fraction of sp³-hybridized carbons (Fsp3) is 0.462. The number of nitrogens with one attached hydrogen (secondary N) is 1. The lowest BCUT2D eigenvalue weighted by Crippen LogP contribution is -2.53. The lowest BCUT2D eigenvalue weighted by atomic mass is 10.0. The lowest BCUT2D eigenvalue weighted by Gasteiger charge is -2.29. The summed E-state index contributed by atoms with van der Waals surface area (Å²) < 4.78 is 5.44. The molecular formula is C13H12N2O4. The molecule has 3 atom stereocenters. The molecule has 0 saturated carbocycles. The Bertz CT molecular complexity index is 577. The zero-order chi connectivity index (χ0) is 13.1. The summed E-state index contributed by atoms with van der Waals surface area (Å²) in [5.41, 5.74) is 1.63. The van der Waals surface area contributed by atoms with E-state index in [1.54, 1.807) is 11.0 Å². The second kappa shape index (κ2) is 3.54. The Labute approximate surface area is 109 Å². The van der Waals surface area contributed by atoms with E-state index in [2.05, 4.69) is 5.32 Å². The van der Waals surface area contributed by atoms with Crippen molar-refractivity contribution in [3.63, 3.8) is 0 Å². The van der Waals surface area contributed by atoms with Crippen molar-refractivity contribution < 1.29 is 19.1 Å². The van der Waals surface area contributed by atoms with Gasteiger partial charge < -0.3 is 9.64 Å². The first-order valence-electron chi connectivity index (χ1n) is 6.36. The van der Waals surface area contributed by atoms with Gasteiger partial charge in [-0.1, -0.05) is 12.2 Å². The third-order valence-electron chi connectivity index (χ3n) is 4.09. The largest absolute Gasteiger partial charge is 0.360 e. The second-order valence-electron chi connectivity index (χ2n) is 5.22. The number of fused-ring (bicyclic) bond motifs is 2. The van der Waals surface area contributed by atoms with Crippen LogP contribution in [0.1, 0.15) is 12.8 Å². The topological polar surface area (TPSA) is 79.0 Å². The number of nitrogens with zero attached hydrogens (tertiary/aromatic N) is 1. The third-order valence-corrected chi connectivity index (χ3v) is 4.09. The van der Waals surface area contributed by atoms with Crippen LogP contribution in [0.15, 0.2) is 23.3 Å². The molecule has 6 heteroatoms. The van der Waals surface area contributed by atoms with E-state index in [0.717, 1.165) is 5.57 Å². The molecule has 1 N–H and O–H groups in total. The molecule has 0 aromatic heterocycles. The zero-order valence-electron chi connectivity index (χ0n) is 10.1. The van der Waals surface area contributed by atoms with Gasteiger partial charge in [0.25, 0.3) is 5.91 Å². The Morgan fingerprint density at radius 3 is 2.95 bits per heavy atom. The summed E-state index contributed by atoms with van der Waals surface area (Å²) in [4.78, 5) is 36.9. The highest BCUT2D eigenvalue weighted by atomic mass is 16.6. The van der Waals surface area contributed by atoms with Crippen LogP contribution < -0.4 is 5.32 Å². The van der Waals surface area contributed by atoms with E-state index < -0.39 is 6.04 Å². The number of carbonyl (C=O) groups excluding carboxylic acids is 3. The van der Waals surface area contributed by atoms with E-state index >= 15 is 0 Å². The van der Waals surface area contributed by atoms with Crippen molar-refractivity contribution in [3.8, 4) is 0 Å². The fourth-order valence-corrected chi connectivity index (χ4v) is 3.03. The van der Waals surface area contributed by atoms with Crippen LogP contribution >= 0.6 is 0 Å². The van der Waals surface area contributed by atoms with Gasteiger partial charge in [-0.25, -0.2) is 0 Å². The third kappa shape index (κ3) is 1.49. The van der Waals surface area contributed by atoms with Gasteiger partial charge in [0, 0.05) is 18.5 Å². The zero-order valence-corrected chi connectivity index (χ0v) is 10.1. The predicted molar refractivity (Wildman–Crippen MR) is 62.7 cm³/mol. The van der Waals surface area contributed by atoms with E-state index in [0.29, 0.717) is 18.5 Å². The van der Waals surface area contributed by atoms with Crippen LogP contribution in [-0.4, -0.2) is 47.4 Å². The van der Waals surface area contributed by atoms with Crippen LogP contribution in [-0.2, 0) is 19.1 Å². The quantitative estimate of drug-likeness (QED) is 0.498. The number of imide groups is 1. The van der Waals surface area contributed by atoms with Gasteiger partial charge >= 0.3 is 0 Å². The molecule has 4 rings (SSSR count). The van der Waals surface area contributed by atoms with Crippen molar-refractivity contribution in [2.45, 2.75) is 31.1 Å². The van der Waals surface area contributed by atoms with Crippen molar-refractivity contribution in [1.29, 1.82) is 0 Å². The van der Waals surface area contributed by atoms with Crippen molar-refractivity contribution in [2.75, 3.05) is 6.54 Å². The first-order chi connectivity index (χ1) is 9.15. The minimum atomic E-state index is -0.540. The van der Waals surface area contributed by atoms with E-state index in [4.69, 9.17) is 4.74 Å². The van der Waals surface area contributed by atoms with Crippen LogP contribution in [0.25, 0.3) is 0 Å². The summed E-state index contributed by atoms with van der Waals surface area (Å²) in [6.45, 7) is 0.436. The van der Waals surface area contributed by atoms with Crippen molar-refractivity contribution in [3.05, 3.63) is 23.3 Å². The van der Waals surface area contributed by atoms with Gasteiger partial charge in [-0.15, -0.1) is 0 Å². The van der Waals surface area contributed by atoms with Gasteiger partial charge in [-0.2, -0.15) is 0 Å². The smallest absolute Gasteiger partial charge is 0.254 e. The first-order valence-corrected chi connectivity index (χ1v) is 6.36. The van der Waals surface area contributed by atoms with E-state index in [9.17, 15) is 14.4 Å². The Hall–Kier alpha value is -1.95. The van der Waals surface area contributed by atoms with Gasteiger partial charge in [-0.3, -0.25) is 19.7 Å². The number of hydrogen-bond acceptors (Lipinski definition) is 4. The number of piperidine rings is 1. The van der Waals surface area contributed by atoms with E-state index in [-0.39, 0.29) is 36.4 Å². The Morgan fingerprint density at radius 1 is 1.32 bits per heavy atom. The highest BCUT2D eigenvalue weighted by Crippen LogP contribution is 2.41. The minimum absolute atomic E-state index is 0.0160. The first kappa shape index (κ1) is 10.9. The molecular weight excluding hydrogens is 248 g/mol. The monoisotopic (exact) mass is 260 g/mol. The molecule has 2 fully saturated rings. The lowest BCUT2D eigenvalue weighted by molar-refractivity contribution is -0.142. The molecule has 3 aliphatic heterocycles. The highest BCUT2D eigenvalue weighted by Gasteiger charge is 2.50. The standard InChI is InChI=1S/C13H12N2O4/c16-10-4-2-8(12(17)14-10)15-5-7-6(13(15)18)1-3-9-11(7)19-9/h1,3,8-9,11H,2,4-5H2,(H,14,16,17). The average Bonchev–Trinajstić information content (AvgIpc) is 3.09. The molecule has 2 saturated heterocycles. The number of hydrogen-bond donors (Lipinski definition) is 1. The number of carbonyl (C=O) groups is 3. The van der Waals surface area contributed by atoms with Gasteiger partial charge in [0.15, 0.2) is 0 Å². The van der Waals surface area contributed by atoms with Crippen molar-refractivity contribution in [2.24, 2.45) is 0 Å². The van der Waals surface area contributed by atoms with Crippen LogP contribution in [0.3, 0.4) is 0 Å². The fourth-order valence-electron chi connectivity index (χ4n) is 3.03. The average molecular weight is 260 g/mol. The van der Waals surface area contributed by atoms with Gasteiger partial charge in [-0.05, 0) is 12.0 Å². The normalized spacial score (nSPS) is 36.3. The summed E-state index contributed by atoms with van der Waals surface area (Å²) in [5.74, 6) is -0.771. The van der Waals surface area contributed by atoms with Crippen LogP contribution in [0.4, 0.5) is 0 Å². The molecule has 0 spiro atoms. The molecule has 0 aromatic carbocycles. The summed E-state index contributed by atoms with van der Waals surface area (Å²) in [6, 6.07) is -0.540. The summed E-state index contributed by atoms with van der Waals surface area (Å²) in [6.07, 6.45) is 4.47. The molecule has 3 amide bonds. The molecule has 3 unspecified atom stereocenters. The number of epoxide rings is 1. The molecule has 6 nitrogen and oxygen atoms in total. The molecule has 0 bridgehead atoms. The Morgan fingerprint density at radius 2 is 2.16 bits per heavy atom. The SMILES string of the molecule is O=C1CCC(N2CC3=C(C=CC4OC34)C2=O)C(=O)N1. The Balaban J connectivity index is 1.59. The molecule has 3 heterocycles. The van der Waals surface area contributed by atoms with Crippen LogP contribution in [0.2, 0.25) is 0 Å². The molecule has 4 aliphatic rings.